The topological polar surface area (TPSA) is 132 Å². The number of nitrogens with zero attached hydrogens (tertiary/aromatic N) is 7. The van der Waals surface area contributed by atoms with Gasteiger partial charge in [0.25, 0.3) is 10.0 Å². The largest absolute Gasteiger partial charge is 0.385 e. The number of pyridine rings is 1. The summed E-state index contributed by atoms with van der Waals surface area (Å²) in [6.45, 7) is 4.07. The number of aliphatic hydroxyl groups is 1. The van der Waals surface area contributed by atoms with Gasteiger partial charge >= 0.3 is 0 Å². The third-order valence-corrected chi connectivity index (χ3v) is 8.45. The fourth-order valence-electron chi connectivity index (χ4n) is 5.03. The number of aliphatic hydroxyl groups excluding tert-OH is 1. The van der Waals surface area contributed by atoms with E-state index in [-0.39, 0.29) is 10.9 Å². The number of benzene rings is 1. The number of nitriles is 1. The van der Waals surface area contributed by atoms with Crippen LogP contribution >= 0.6 is 0 Å². The van der Waals surface area contributed by atoms with Gasteiger partial charge in [0.1, 0.15) is 23.5 Å². The monoisotopic (exact) mass is 501 g/mol. The van der Waals surface area contributed by atoms with E-state index in [2.05, 4.69) is 21.1 Å². The molecule has 0 unspecified atom stereocenters. The zero-order chi connectivity index (χ0) is 25.2. The Morgan fingerprint density at radius 1 is 1.22 bits per heavy atom. The van der Waals surface area contributed by atoms with E-state index in [1.54, 1.807) is 49.5 Å². The fraction of sp³-hybridized carbons (Fsp3) is 0.280. The molecule has 0 saturated heterocycles. The van der Waals surface area contributed by atoms with E-state index in [9.17, 15) is 18.8 Å². The molecule has 6 rings (SSSR count). The Balaban J connectivity index is 1.54. The summed E-state index contributed by atoms with van der Waals surface area (Å²) >= 11 is 0. The SMILES string of the molecule is Cc1ccc(S(=O)(=O)n2ccc3c2ncc2nc([C@@H](C)O)n([C@@H]4CCc5cc(C#N)nn5C4)c23)cc1. The van der Waals surface area contributed by atoms with Crippen LogP contribution in [0.4, 0.5) is 0 Å². The van der Waals surface area contributed by atoms with Gasteiger partial charge in [0.2, 0.25) is 0 Å². The van der Waals surface area contributed by atoms with Gasteiger partial charge in [-0.15, -0.1) is 0 Å². The minimum atomic E-state index is -3.86. The molecule has 11 heteroatoms. The summed E-state index contributed by atoms with van der Waals surface area (Å²) in [5, 5.41) is 24.8. The molecule has 1 aliphatic rings. The maximum absolute atomic E-state index is 13.4. The second kappa shape index (κ2) is 8.01. The van der Waals surface area contributed by atoms with Crippen molar-refractivity contribution >= 4 is 32.1 Å². The number of hydrogen-bond donors (Lipinski definition) is 1. The summed E-state index contributed by atoms with van der Waals surface area (Å²) < 4.78 is 31.9. The first kappa shape index (κ1) is 22.5. The molecule has 0 radical (unpaired) electrons. The minimum absolute atomic E-state index is 0.0961. The average molecular weight is 502 g/mol. The van der Waals surface area contributed by atoms with Crippen LogP contribution in [-0.4, -0.2) is 41.8 Å². The Hall–Kier alpha value is -4.01. The third kappa shape index (κ3) is 3.33. The minimum Gasteiger partial charge on any atom is -0.385 e. The van der Waals surface area contributed by atoms with Gasteiger partial charge in [-0.25, -0.2) is 22.4 Å². The number of aromatic nitrogens is 6. The Morgan fingerprint density at radius 3 is 2.72 bits per heavy atom. The van der Waals surface area contributed by atoms with E-state index in [1.807, 2.05) is 16.2 Å². The smallest absolute Gasteiger partial charge is 0.269 e. The molecular formula is C25H23N7O3S. The number of fused-ring (bicyclic) bond motifs is 4. The highest BCUT2D eigenvalue weighted by atomic mass is 32.2. The highest BCUT2D eigenvalue weighted by Crippen LogP contribution is 2.35. The number of rotatable bonds is 4. The number of hydrogen-bond acceptors (Lipinski definition) is 7. The number of aryl methyl sites for hydroxylation is 2. The van der Waals surface area contributed by atoms with Gasteiger partial charge in [0.15, 0.2) is 11.3 Å². The predicted octanol–water partition coefficient (Wildman–Crippen LogP) is 3.24. The summed E-state index contributed by atoms with van der Waals surface area (Å²) in [6.07, 6.45) is 3.69. The van der Waals surface area contributed by atoms with Crippen molar-refractivity contribution in [2.75, 3.05) is 0 Å². The van der Waals surface area contributed by atoms with E-state index in [1.165, 1.54) is 10.2 Å². The van der Waals surface area contributed by atoms with Gasteiger partial charge in [-0.05, 0) is 51.0 Å². The third-order valence-electron chi connectivity index (χ3n) is 6.77. The van der Waals surface area contributed by atoms with Crippen LogP contribution in [0, 0.1) is 18.3 Å². The molecule has 0 bridgehead atoms. The molecule has 1 aliphatic heterocycles. The maximum Gasteiger partial charge on any atom is 0.269 e. The molecule has 0 fully saturated rings. The summed E-state index contributed by atoms with van der Waals surface area (Å²) in [5.74, 6) is 0.481. The molecular weight excluding hydrogens is 478 g/mol. The van der Waals surface area contributed by atoms with Crippen molar-refractivity contribution in [3.8, 4) is 6.07 Å². The summed E-state index contributed by atoms with van der Waals surface area (Å²) in [5.41, 5.74) is 3.93. The lowest BCUT2D eigenvalue weighted by atomic mass is 10.0. The van der Waals surface area contributed by atoms with E-state index in [0.29, 0.717) is 34.6 Å². The normalized spacial score (nSPS) is 16.8. The summed E-state index contributed by atoms with van der Waals surface area (Å²) in [4.78, 5) is 9.30. The lowest BCUT2D eigenvalue weighted by molar-refractivity contribution is 0.177. The lowest BCUT2D eigenvalue weighted by Crippen LogP contribution is -2.25. The molecule has 4 aromatic heterocycles. The molecule has 1 N–H and O–H groups in total. The van der Waals surface area contributed by atoms with Crippen LogP contribution in [0.2, 0.25) is 0 Å². The van der Waals surface area contributed by atoms with Crippen molar-refractivity contribution in [2.24, 2.45) is 0 Å². The molecule has 5 heterocycles. The van der Waals surface area contributed by atoms with E-state index < -0.39 is 16.1 Å². The lowest BCUT2D eigenvalue weighted by Gasteiger charge is -2.27. The van der Waals surface area contributed by atoms with Crippen molar-refractivity contribution in [1.82, 2.24) is 28.3 Å². The molecule has 1 aromatic carbocycles. The van der Waals surface area contributed by atoms with E-state index in [4.69, 9.17) is 0 Å². The Kier molecular flexibility index (Phi) is 5.00. The van der Waals surface area contributed by atoms with Gasteiger partial charge in [0.05, 0.1) is 29.2 Å². The first-order chi connectivity index (χ1) is 17.3. The standard InChI is InChI=1S/C25H23N7O3S/c1-15-3-7-20(8-4-15)36(34,35)31-10-9-21-23-22(13-27-25(21)31)28-24(16(2)33)32(23)19-6-5-18-11-17(12-26)29-30(18)14-19/h3-4,7-11,13,16,19,33H,5-6,14H2,1-2H3/t16-,19-/m1/s1. The van der Waals surface area contributed by atoms with Crippen LogP contribution in [0.1, 0.15) is 48.3 Å². The van der Waals surface area contributed by atoms with Crippen molar-refractivity contribution in [3.05, 3.63) is 71.6 Å². The van der Waals surface area contributed by atoms with Crippen LogP contribution < -0.4 is 0 Å². The van der Waals surface area contributed by atoms with Crippen LogP contribution in [0.25, 0.3) is 22.1 Å². The summed E-state index contributed by atoms with van der Waals surface area (Å²) in [7, 11) is -3.86. The number of imidazole rings is 1. The highest BCUT2D eigenvalue weighted by molar-refractivity contribution is 7.90. The summed E-state index contributed by atoms with van der Waals surface area (Å²) in [6, 6.07) is 12.2. The fourth-order valence-corrected chi connectivity index (χ4v) is 6.33. The molecule has 2 atom stereocenters. The van der Waals surface area contributed by atoms with Crippen molar-refractivity contribution in [2.45, 2.75) is 50.3 Å². The maximum atomic E-state index is 13.4. The van der Waals surface area contributed by atoms with Gasteiger partial charge in [0, 0.05) is 17.3 Å². The molecule has 0 saturated carbocycles. The molecule has 10 nitrogen and oxygen atoms in total. The van der Waals surface area contributed by atoms with Gasteiger partial charge in [-0.2, -0.15) is 10.4 Å². The van der Waals surface area contributed by atoms with Crippen LogP contribution in [0.5, 0.6) is 0 Å². The average Bonchev–Trinajstić information content (AvgIpc) is 3.57. The molecule has 0 spiro atoms. The Labute approximate surface area is 207 Å². The second-order valence-corrected chi connectivity index (χ2v) is 11.0. The Morgan fingerprint density at radius 2 is 2.00 bits per heavy atom. The zero-order valence-electron chi connectivity index (χ0n) is 19.7. The van der Waals surface area contributed by atoms with Crippen LogP contribution in [0.15, 0.2) is 53.7 Å². The van der Waals surface area contributed by atoms with E-state index in [0.717, 1.165) is 29.6 Å². The quantitative estimate of drug-likeness (QED) is 0.400. The molecule has 5 aromatic rings. The Bertz CT molecular complexity index is 1790. The molecule has 36 heavy (non-hydrogen) atoms. The highest BCUT2D eigenvalue weighted by Gasteiger charge is 2.29. The van der Waals surface area contributed by atoms with Crippen molar-refractivity contribution in [1.29, 1.82) is 5.26 Å². The first-order valence-electron chi connectivity index (χ1n) is 11.6. The van der Waals surface area contributed by atoms with Gasteiger partial charge in [-0.3, -0.25) is 4.68 Å². The van der Waals surface area contributed by atoms with Gasteiger partial charge in [-0.1, -0.05) is 17.7 Å². The molecule has 182 valence electrons. The van der Waals surface area contributed by atoms with Crippen molar-refractivity contribution in [3.63, 3.8) is 0 Å². The second-order valence-electron chi connectivity index (χ2n) is 9.18. The van der Waals surface area contributed by atoms with Crippen molar-refractivity contribution < 1.29 is 13.5 Å². The van der Waals surface area contributed by atoms with Crippen LogP contribution in [-0.2, 0) is 23.0 Å². The first-order valence-corrected chi connectivity index (χ1v) is 13.1. The predicted molar refractivity (Wildman–Crippen MR) is 132 cm³/mol. The molecule has 0 amide bonds. The van der Waals surface area contributed by atoms with Crippen LogP contribution in [0.3, 0.4) is 0 Å². The molecule has 0 aliphatic carbocycles. The zero-order valence-corrected chi connectivity index (χ0v) is 20.5. The van der Waals surface area contributed by atoms with E-state index >= 15 is 0 Å². The van der Waals surface area contributed by atoms with Gasteiger partial charge < -0.3 is 9.67 Å².